The van der Waals surface area contributed by atoms with Crippen LogP contribution in [0, 0.1) is 0 Å². The maximum absolute atomic E-state index is 8.69. The summed E-state index contributed by atoms with van der Waals surface area (Å²) in [5, 5.41) is 9.84. The average molecular weight is 255 g/mol. The van der Waals surface area contributed by atoms with Gasteiger partial charge >= 0.3 is 0 Å². The third kappa shape index (κ3) is 1.56. The Bertz CT molecular complexity index is 464. The number of hydroxylamine groups is 1. The fourth-order valence-electron chi connectivity index (χ4n) is 1.67. The Kier molecular flexibility index (Phi) is 2.58. The van der Waals surface area contributed by atoms with Gasteiger partial charge in [-0.05, 0) is 23.8 Å². The first-order valence-electron chi connectivity index (χ1n) is 4.33. The number of benzene rings is 1. The zero-order valence-electron chi connectivity index (χ0n) is 7.79. The van der Waals surface area contributed by atoms with E-state index in [1.807, 2.05) is 19.3 Å². The van der Waals surface area contributed by atoms with E-state index >= 15 is 0 Å². The molecular formula is C10H11BrN2O. The Labute approximate surface area is 90.4 Å². The molecule has 0 radical (unpaired) electrons. The normalized spacial score (nSPS) is 11.1. The summed E-state index contributed by atoms with van der Waals surface area (Å²) in [6.07, 6.45) is 2.01. The van der Waals surface area contributed by atoms with Crippen LogP contribution in [0.5, 0.6) is 0 Å². The van der Waals surface area contributed by atoms with Crippen molar-refractivity contribution in [2.45, 2.75) is 6.54 Å². The minimum Gasteiger partial charge on any atom is -0.350 e. The largest absolute Gasteiger partial charge is 0.350 e. The Morgan fingerprint density at radius 2 is 2.29 bits per heavy atom. The maximum atomic E-state index is 8.69. The van der Waals surface area contributed by atoms with Crippen LogP contribution in [0.25, 0.3) is 10.9 Å². The number of nitrogens with zero attached hydrogens (tertiary/aromatic N) is 1. The van der Waals surface area contributed by atoms with Gasteiger partial charge in [-0.2, -0.15) is 0 Å². The van der Waals surface area contributed by atoms with Gasteiger partial charge in [-0.15, -0.1) is 0 Å². The number of halogens is 1. The van der Waals surface area contributed by atoms with Gasteiger partial charge in [-0.25, -0.2) is 5.48 Å². The van der Waals surface area contributed by atoms with Crippen LogP contribution in [-0.4, -0.2) is 9.77 Å². The molecule has 0 saturated carbocycles. The molecule has 0 bridgehead atoms. The van der Waals surface area contributed by atoms with Crippen molar-refractivity contribution in [1.82, 2.24) is 10.0 Å². The van der Waals surface area contributed by atoms with Crippen LogP contribution < -0.4 is 5.48 Å². The smallest absolute Gasteiger partial charge is 0.0481 e. The molecule has 1 aromatic heterocycles. The molecule has 0 atom stereocenters. The van der Waals surface area contributed by atoms with E-state index in [4.69, 9.17) is 5.21 Å². The summed E-state index contributed by atoms with van der Waals surface area (Å²) < 4.78 is 3.10. The predicted octanol–water partition coefficient (Wildman–Crippen LogP) is 2.42. The van der Waals surface area contributed by atoms with Crippen LogP contribution in [0.1, 0.15) is 5.56 Å². The molecular weight excluding hydrogens is 244 g/mol. The molecule has 2 N–H and O–H groups in total. The minimum absolute atomic E-state index is 0.466. The standard InChI is InChI=1S/C10H11BrN2O/c1-13-6-7(5-12-14)9-4-8(11)2-3-10(9)13/h2-4,6,12,14H,5H2,1H3. The van der Waals surface area contributed by atoms with Gasteiger partial charge < -0.3 is 9.77 Å². The molecule has 1 heterocycles. The highest BCUT2D eigenvalue weighted by Gasteiger charge is 2.05. The summed E-state index contributed by atoms with van der Waals surface area (Å²) in [4.78, 5) is 0. The van der Waals surface area contributed by atoms with Crippen LogP contribution in [0.3, 0.4) is 0 Å². The molecule has 4 heteroatoms. The number of aromatic nitrogens is 1. The lowest BCUT2D eigenvalue weighted by molar-refractivity contribution is 0.161. The molecule has 2 rings (SSSR count). The monoisotopic (exact) mass is 254 g/mol. The summed E-state index contributed by atoms with van der Waals surface area (Å²) in [7, 11) is 2.00. The molecule has 1 aromatic carbocycles. The number of aryl methyl sites for hydroxylation is 1. The molecule has 0 aliphatic heterocycles. The first-order valence-corrected chi connectivity index (χ1v) is 5.12. The molecule has 2 aromatic rings. The van der Waals surface area contributed by atoms with E-state index in [1.54, 1.807) is 0 Å². The number of rotatable bonds is 2. The molecule has 0 aliphatic rings. The fourth-order valence-corrected chi connectivity index (χ4v) is 2.03. The van der Waals surface area contributed by atoms with Gasteiger partial charge in [-0.1, -0.05) is 15.9 Å². The summed E-state index contributed by atoms with van der Waals surface area (Å²) in [6, 6.07) is 6.13. The van der Waals surface area contributed by atoms with E-state index in [0.29, 0.717) is 6.54 Å². The lowest BCUT2D eigenvalue weighted by atomic mass is 10.2. The summed E-state index contributed by atoms with van der Waals surface area (Å²) in [5.41, 5.74) is 4.43. The van der Waals surface area contributed by atoms with Crippen molar-refractivity contribution < 1.29 is 5.21 Å². The second kappa shape index (κ2) is 3.73. The highest BCUT2D eigenvalue weighted by molar-refractivity contribution is 9.10. The van der Waals surface area contributed by atoms with Crippen LogP contribution in [-0.2, 0) is 13.6 Å². The van der Waals surface area contributed by atoms with E-state index in [2.05, 4.69) is 38.1 Å². The second-order valence-corrected chi connectivity index (χ2v) is 4.18. The Balaban J connectivity index is 2.66. The molecule has 0 aliphatic carbocycles. The SMILES string of the molecule is Cn1cc(CNO)c2cc(Br)ccc21. The summed E-state index contributed by atoms with van der Waals surface area (Å²) >= 11 is 3.43. The average Bonchev–Trinajstić information content (AvgIpc) is 2.44. The Morgan fingerprint density at radius 3 is 3.00 bits per heavy atom. The van der Waals surface area contributed by atoms with Gasteiger partial charge in [0.05, 0.1) is 0 Å². The summed E-state index contributed by atoms with van der Waals surface area (Å²) in [6.45, 7) is 0.466. The van der Waals surface area contributed by atoms with E-state index in [-0.39, 0.29) is 0 Å². The lowest BCUT2D eigenvalue weighted by Crippen LogP contribution is -2.05. The van der Waals surface area contributed by atoms with E-state index < -0.39 is 0 Å². The quantitative estimate of drug-likeness (QED) is 0.808. The predicted molar refractivity (Wildman–Crippen MR) is 59.2 cm³/mol. The van der Waals surface area contributed by atoms with Gasteiger partial charge in [0.2, 0.25) is 0 Å². The molecule has 0 saturated heterocycles. The van der Waals surface area contributed by atoms with Gasteiger partial charge in [-0.3, -0.25) is 0 Å². The lowest BCUT2D eigenvalue weighted by Gasteiger charge is -1.97. The van der Waals surface area contributed by atoms with Crippen molar-refractivity contribution in [3.63, 3.8) is 0 Å². The number of hydrogen-bond acceptors (Lipinski definition) is 2. The minimum atomic E-state index is 0.466. The van der Waals surface area contributed by atoms with Gasteiger partial charge in [0.1, 0.15) is 0 Å². The highest BCUT2D eigenvalue weighted by atomic mass is 79.9. The van der Waals surface area contributed by atoms with Crippen molar-refractivity contribution in [2.24, 2.45) is 7.05 Å². The second-order valence-electron chi connectivity index (χ2n) is 3.26. The molecule has 0 spiro atoms. The van der Waals surface area contributed by atoms with E-state index in [1.165, 1.54) is 5.52 Å². The van der Waals surface area contributed by atoms with Crippen LogP contribution in [0.4, 0.5) is 0 Å². The van der Waals surface area contributed by atoms with Crippen molar-refractivity contribution in [3.05, 3.63) is 34.4 Å². The highest BCUT2D eigenvalue weighted by Crippen LogP contribution is 2.24. The summed E-state index contributed by atoms with van der Waals surface area (Å²) in [5.74, 6) is 0. The number of nitrogens with one attached hydrogen (secondary N) is 1. The first kappa shape index (κ1) is 9.71. The molecule has 74 valence electrons. The van der Waals surface area contributed by atoms with E-state index in [0.717, 1.165) is 15.4 Å². The van der Waals surface area contributed by atoms with E-state index in [9.17, 15) is 0 Å². The Hall–Kier alpha value is -0.840. The third-order valence-electron chi connectivity index (χ3n) is 2.30. The molecule has 3 nitrogen and oxygen atoms in total. The number of hydrogen-bond donors (Lipinski definition) is 2. The number of fused-ring (bicyclic) bond motifs is 1. The zero-order valence-corrected chi connectivity index (χ0v) is 9.37. The van der Waals surface area contributed by atoms with Crippen LogP contribution >= 0.6 is 15.9 Å². The van der Waals surface area contributed by atoms with Crippen molar-refractivity contribution in [3.8, 4) is 0 Å². The topological polar surface area (TPSA) is 37.2 Å². The zero-order chi connectivity index (χ0) is 10.1. The maximum Gasteiger partial charge on any atom is 0.0481 e. The van der Waals surface area contributed by atoms with Gasteiger partial charge in [0.25, 0.3) is 0 Å². The van der Waals surface area contributed by atoms with Crippen molar-refractivity contribution in [1.29, 1.82) is 0 Å². The van der Waals surface area contributed by atoms with Crippen LogP contribution in [0.2, 0.25) is 0 Å². The fraction of sp³-hybridized carbons (Fsp3) is 0.200. The van der Waals surface area contributed by atoms with Crippen LogP contribution in [0.15, 0.2) is 28.9 Å². The third-order valence-corrected chi connectivity index (χ3v) is 2.80. The van der Waals surface area contributed by atoms with Gasteiger partial charge in [0.15, 0.2) is 0 Å². The molecule has 14 heavy (non-hydrogen) atoms. The molecule has 0 unspecified atom stereocenters. The molecule has 0 amide bonds. The van der Waals surface area contributed by atoms with Crippen molar-refractivity contribution >= 4 is 26.8 Å². The van der Waals surface area contributed by atoms with Crippen molar-refractivity contribution in [2.75, 3.05) is 0 Å². The first-order chi connectivity index (χ1) is 6.72. The Morgan fingerprint density at radius 1 is 1.50 bits per heavy atom. The molecule has 0 fully saturated rings. The van der Waals surface area contributed by atoms with Gasteiger partial charge in [0, 0.05) is 35.2 Å².